The number of thiazole rings is 1. The van der Waals surface area contributed by atoms with E-state index in [1.54, 1.807) is 11.8 Å². The molecule has 7 heteroatoms. The van der Waals surface area contributed by atoms with Crippen molar-refractivity contribution >= 4 is 40.6 Å². The molecule has 172 valence electrons. The summed E-state index contributed by atoms with van der Waals surface area (Å²) >= 11 is 3.05. The molecule has 5 nitrogen and oxygen atoms in total. The largest absolute Gasteiger partial charge is 0.307 e. The van der Waals surface area contributed by atoms with Crippen molar-refractivity contribution in [3.63, 3.8) is 0 Å². The summed E-state index contributed by atoms with van der Waals surface area (Å²) < 4.78 is 0. The molecule has 0 spiro atoms. The van der Waals surface area contributed by atoms with Crippen LogP contribution in [0, 0.1) is 43.4 Å². The van der Waals surface area contributed by atoms with Crippen molar-refractivity contribution in [2.24, 2.45) is 29.6 Å². The van der Waals surface area contributed by atoms with Crippen LogP contribution in [0.3, 0.4) is 0 Å². The summed E-state index contributed by atoms with van der Waals surface area (Å²) in [4.78, 5) is 45.4. The number of fused-ring (bicyclic) bond motifs is 9. The molecule has 2 aliphatic heterocycles. The van der Waals surface area contributed by atoms with Crippen molar-refractivity contribution in [3.8, 4) is 0 Å². The van der Waals surface area contributed by atoms with Gasteiger partial charge in [-0.1, -0.05) is 53.3 Å². The molecular weight excluding hydrogens is 464 g/mol. The van der Waals surface area contributed by atoms with Crippen molar-refractivity contribution in [2.45, 2.75) is 36.5 Å². The van der Waals surface area contributed by atoms with E-state index < -0.39 is 0 Å². The van der Waals surface area contributed by atoms with Crippen molar-refractivity contribution in [1.29, 1.82) is 0 Å². The predicted octanol–water partition coefficient (Wildman–Crippen LogP) is 4.73. The van der Waals surface area contributed by atoms with Crippen LogP contribution in [-0.2, 0) is 9.59 Å². The fourth-order valence-electron chi connectivity index (χ4n) is 7.25. The van der Waals surface area contributed by atoms with Crippen LogP contribution in [0.5, 0.6) is 0 Å². The lowest BCUT2D eigenvalue weighted by Crippen LogP contribution is -2.42. The van der Waals surface area contributed by atoms with E-state index in [0.717, 1.165) is 21.9 Å². The predicted molar refractivity (Wildman–Crippen MR) is 133 cm³/mol. The summed E-state index contributed by atoms with van der Waals surface area (Å²) in [5.74, 6) is 0.0363. The molecule has 3 fully saturated rings. The van der Waals surface area contributed by atoms with Gasteiger partial charge in [0.15, 0.2) is 0 Å². The Morgan fingerprint density at radius 2 is 1.62 bits per heavy atom. The third-order valence-corrected chi connectivity index (χ3v) is 11.1. The van der Waals surface area contributed by atoms with E-state index in [1.165, 1.54) is 27.4 Å². The van der Waals surface area contributed by atoms with Gasteiger partial charge in [-0.15, -0.1) is 11.8 Å². The third-order valence-electron chi connectivity index (χ3n) is 8.54. The second-order valence-corrected chi connectivity index (χ2v) is 12.4. The van der Waals surface area contributed by atoms with Crippen LogP contribution in [0.25, 0.3) is 0 Å². The molecule has 0 radical (unpaired) electrons. The standard InChI is InChI=1S/C27H24N2O3S2/c1-12-7-9-14(10-8-12)29-25(30)20-16-11-17(21(20)26(29)31)22-19(16)18(15-6-4-3-5-13(15)2)23-24(33-22)28-27(32)34-23/h3-10,16-22H,11H2,1-2H3,(H,28,32). The number of thioether (sulfide) groups is 1. The lowest BCUT2D eigenvalue weighted by atomic mass is 9.67. The minimum atomic E-state index is -0.260. The lowest BCUT2D eigenvalue weighted by Gasteiger charge is -2.43. The SMILES string of the molecule is Cc1ccc(N2C(=O)C3C4CC(C3C2=O)C2C(c3ccccc3C)c3sc(=O)[nH]c3SC42)cc1. The third kappa shape index (κ3) is 2.65. The fourth-order valence-corrected chi connectivity index (χ4v) is 10.1. The molecule has 7 unspecified atom stereocenters. The highest BCUT2D eigenvalue weighted by molar-refractivity contribution is 8.00. The molecule has 4 aliphatic rings. The van der Waals surface area contributed by atoms with Gasteiger partial charge in [0, 0.05) is 16.0 Å². The Hall–Kier alpha value is -2.64. The minimum absolute atomic E-state index is 0.0266. The van der Waals surface area contributed by atoms with Gasteiger partial charge < -0.3 is 4.98 Å². The number of aromatic nitrogens is 1. The van der Waals surface area contributed by atoms with Crippen LogP contribution >= 0.6 is 23.1 Å². The fraction of sp³-hybridized carbons (Fsp3) is 0.370. The number of benzene rings is 2. The van der Waals surface area contributed by atoms with E-state index in [2.05, 4.69) is 30.1 Å². The summed E-state index contributed by atoms with van der Waals surface area (Å²) in [6, 6.07) is 16.1. The molecule has 1 saturated heterocycles. The highest BCUT2D eigenvalue weighted by Gasteiger charge is 2.69. The Bertz CT molecular complexity index is 1410. The number of aryl methyl sites for hydroxylation is 2. The van der Waals surface area contributed by atoms with Gasteiger partial charge in [0.05, 0.1) is 22.5 Å². The van der Waals surface area contributed by atoms with Crippen LogP contribution in [0.15, 0.2) is 58.4 Å². The van der Waals surface area contributed by atoms with Crippen molar-refractivity contribution < 1.29 is 9.59 Å². The zero-order valence-electron chi connectivity index (χ0n) is 18.9. The second-order valence-electron chi connectivity index (χ2n) is 10.2. The molecule has 34 heavy (non-hydrogen) atoms. The maximum atomic E-state index is 13.8. The molecule has 3 aromatic rings. The topological polar surface area (TPSA) is 70.2 Å². The number of carbonyl (C=O) groups is 2. The number of H-pyrrole nitrogens is 1. The number of nitrogens with one attached hydrogen (secondary N) is 1. The first-order valence-electron chi connectivity index (χ1n) is 11.8. The summed E-state index contributed by atoms with van der Waals surface area (Å²) in [7, 11) is 0. The van der Waals surface area contributed by atoms with Gasteiger partial charge in [-0.05, 0) is 61.3 Å². The number of hydrogen-bond donors (Lipinski definition) is 1. The Labute approximate surface area is 205 Å². The average Bonchev–Trinajstić information content (AvgIpc) is 3.54. The number of imide groups is 1. The number of hydrogen-bond acceptors (Lipinski definition) is 5. The van der Waals surface area contributed by atoms with Crippen LogP contribution in [-0.4, -0.2) is 22.0 Å². The van der Waals surface area contributed by atoms with Gasteiger partial charge in [0.2, 0.25) is 11.8 Å². The summed E-state index contributed by atoms with van der Waals surface area (Å²) in [5.41, 5.74) is 4.24. The van der Waals surface area contributed by atoms with Gasteiger partial charge in [-0.2, -0.15) is 0 Å². The van der Waals surface area contributed by atoms with Crippen LogP contribution < -0.4 is 9.77 Å². The van der Waals surface area contributed by atoms with E-state index in [4.69, 9.17) is 0 Å². The van der Waals surface area contributed by atoms with E-state index in [9.17, 15) is 14.4 Å². The molecule has 2 saturated carbocycles. The molecular formula is C27H24N2O3S2. The van der Waals surface area contributed by atoms with E-state index in [0.29, 0.717) is 5.69 Å². The average molecular weight is 489 g/mol. The van der Waals surface area contributed by atoms with Crippen LogP contribution in [0.2, 0.25) is 0 Å². The number of carbonyl (C=O) groups excluding carboxylic acids is 2. The first kappa shape index (κ1) is 20.7. The van der Waals surface area contributed by atoms with Crippen LogP contribution in [0.4, 0.5) is 5.69 Å². The number of anilines is 1. The molecule has 7 atom stereocenters. The molecule has 2 aliphatic carbocycles. The molecule has 2 aromatic carbocycles. The Morgan fingerprint density at radius 1 is 0.912 bits per heavy atom. The summed E-state index contributed by atoms with van der Waals surface area (Å²) in [6.07, 6.45) is 0.915. The first-order valence-corrected chi connectivity index (χ1v) is 13.5. The van der Waals surface area contributed by atoms with Gasteiger partial charge in [-0.25, -0.2) is 0 Å². The summed E-state index contributed by atoms with van der Waals surface area (Å²) in [5, 5.41) is 1.18. The van der Waals surface area contributed by atoms with E-state index >= 15 is 0 Å². The highest BCUT2D eigenvalue weighted by atomic mass is 32.2. The smallest absolute Gasteiger partial charge is 0.305 e. The molecule has 1 aromatic heterocycles. The maximum Gasteiger partial charge on any atom is 0.305 e. The lowest BCUT2D eigenvalue weighted by molar-refractivity contribution is -0.123. The minimum Gasteiger partial charge on any atom is -0.307 e. The molecule has 2 bridgehead atoms. The highest BCUT2D eigenvalue weighted by Crippen LogP contribution is 2.68. The zero-order valence-corrected chi connectivity index (χ0v) is 20.5. The molecule has 3 heterocycles. The van der Waals surface area contributed by atoms with Gasteiger partial charge in [0.25, 0.3) is 0 Å². The van der Waals surface area contributed by atoms with Crippen molar-refractivity contribution in [1.82, 2.24) is 4.98 Å². The van der Waals surface area contributed by atoms with Crippen molar-refractivity contribution in [2.75, 3.05) is 4.90 Å². The monoisotopic (exact) mass is 488 g/mol. The molecule has 2 amide bonds. The van der Waals surface area contributed by atoms with Gasteiger partial charge in [-0.3, -0.25) is 19.3 Å². The number of amides is 2. The normalized spacial score (nSPS) is 33.2. The zero-order chi connectivity index (χ0) is 23.3. The molecule has 1 N–H and O–H groups in total. The Balaban J connectivity index is 1.34. The van der Waals surface area contributed by atoms with Gasteiger partial charge >= 0.3 is 4.87 Å². The summed E-state index contributed by atoms with van der Waals surface area (Å²) in [6.45, 7) is 4.13. The van der Waals surface area contributed by atoms with Gasteiger partial charge in [0.1, 0.15) is 0 Å². The number of aromatic amines is 1. The second kappa shape index (κ2) is 7.18. The molecule has 7 rings (SSSR count). The Morgan fingerprint density at radius 3 is 2.35 bits per heavy atom. The number of nitrogens with zero attached hydrogens (tertiary/aromatic N) is 1. The van der Waals surface area contributed by atoms with Crippen LogP contribution in [0.1, 0.15) is 33.9 Å². The Kier molecular flexibility index (Phi) is 4.38. The number of rotatable bonds is 2. The van der Waals surface area contributed by atoms with Crippen molar-refractivity contribution in [3.05, 3.63) is 79.8 Å². The van der Waals surface area contributed by atoms with E-state index in [1.807, 2.05) is 37.3 Å². The maximum absolute atomic E-state index is 13.8. The quantitative estimate of drug-likeness (QED) is 0.530. The first-order chi connectivity index (χ1) is 16.4. The van der Waals surface area contributed by atoms with E-state index in [-0.39, 0.29) is 57.4 Å².